The Bertz CT molecular complexity index is 564. The van der Waals surface area contributed by atoms with Crippen LogP contribution in [0.2, 0.25) is 0 Å². The molecule has 2 amide bonds. The Hall–Kier alpha value is -2.83. The lowest BCUT2D eigenvalue weighted by atomic mass is 10.3. The van der Waals surface area contributed by atoms with Gasteiger partial charge in [-0.05, 0) is 0 Å². The highest BCUT2D eigenvalue weighted by Gasteiger charge is 2.16. The second-order valence-corrected chi connectivity index (χ2v) is 3.66. The third-order valence-corrected chi connectivity index (χ3v) is 2.35. The van der Waals surface area contributed by atoms with E-state index in [1.165, 1.54) is 43.7 Å². The van der Waals surface area contributed by atoms with Crippen LogP contribution in [0.3, 0.4) is 0 Å². The zero-order valence-electron chi connectivity index (χ0n) is 13.3. The van der Waals surface area contributed by atoms with Crippen LogP contribution in [0.25, 0.3) is 0 Å². The first-order valence-corrected chi connectivity index (χ1v) is 6.67. The van der Waals surface area contributed by atoms with Crippen molar-refractivity contribution < 1.29 is 9.59 Å². The second-order valence-electron chi connectivity index (χ2n) is 3.66. The Morgan fingerprint density at radius 1 is 1.27 bits per heavy atom. The fraction of sp³-hybridized carbons (Fsp3) is 0.267. The van der Waals surface area contributed by atoms with Crippen molar-refractivity contribution in [3.05, 3.63) is 48.8 Å². The normalized spacial score (nSPS) is 9.45. The largest absolute Gasteiger partial charge is 0.354 e. The molecule has 0 aliphatic carbocycles. The molecule has 0 fully saturated rings. The van der Waals surface area contributed by atoms with Gasteiger partial charge in [0.25, 0.3) is 11.8 Å². The van der Waals surface area contributed by atoms with Crippen molar-refractivity contribution >= 4 is 18.0 Å². The summed E-state index contributed by atoms with van der Waals surface area (Å²) < 4.78 is 0. The topological polar surface area (TPSA) is 87.5 Å². The molecule has 0 atom stereocenters. The molecule has 0 bridgehead atoms. The lowest BCUT2D eigenvalue weighted by Crippen LogP contribution is -2.26. The average molecular weight is 303 g/mol. The van der Waals surface area contributed by atoms with Gasteiger partial charge in [0.1, 0.15) is 17.2 Å². The van der Waals surface area contributed by atoms with E-state index in [1.807, 2.05) is 13.8 Å². The van der Waals surface area contributed by atoms with E-state index < -0.39 is 5.91 Å². The van der Waals surface area contributed by atoms with Crippen molar-refractivity contribution in [2.24, 2.45) is 4.99 Å². The molecule has 7 nitrogen and oxygen atoms in total. The maximum absolute atomic E-state index is 12.1. The highest BCUT2D eigenvalue weighted by Crippen LogP contribution is 2.06. The van der Waals surface area contributed by atoms with Crippen LogP contribution in [0.1, 0.15) is 34.8 Å². The predicted molar refractivity (Wildman–Crippen MR) is 86.7 cm³/mol. The first-order chi connectivity index (χ1) is 10.5. The maximum atomic E-state index is 12.1. The second kappa shape index (κ2) is 9.98. The molecule has 22 heavy (non-hydrogen) atoms. The monoisotopic (exact) mass is 303 g/mol. The number of aromatic nitrogens is 2. The molecule has 0 spiro atoms. The quantitative estimate of drug-likeness (QED) is 0.838. The minimum absolute atomic E-state index is 0.0927. The molecular weight excluding hydrogens is 282 g/mol. The van der Waals surface area contributed by atoms with Gasteiger partial charge in [0.2, 0.25) is 0 Å². The smallest absolute Gasteiger partial charge is 0.279 e. The molecule has 0 unspecified atom stereocenters. The summed E-state index contributed by atoms with van der Waals surface area (Å²) >= 11 is 0. The van der Waals surface area contributed by atoms with Gasteiger partial charge >= 0.3 is 0 Å². The fourth-order valence-corrected chi connectivity index (χ4v) is 1.20. The molecule has 0 aliphatic rings. The van der Waals surface area contributed by atoms with Crippen LogP contribution in [0.5, 0.6) is 0 Å². The van der Waals surface area contributed by atoms with Crippen LogP contribution in [0.4, 0.5) is 0 Å². The van der Waals surface area contributed by atoms with Crippen LogP contribution in [0, 0.1) is 0 Å². The number of amides is 2. The van der Waals surface area contributed by atoms with E-state index >= 15 is 0 Å². The van der Waals surface area contributed by atoms with Gasteiger partial charge in [0, 0.05) is 20.3 Å². The number of nitrogens with zero attached hydrogens (tertiary/aromatic N) is 4. The summed E-state index contributed by atoms with van der Waals surface area (Å²) in [7, 11) is 3.00. The number of allylic oxidation sites excluding steroid dienone is 1. The molecular formula is C15H21N5O2. The summed E-state index contributed by atoms with van der Waals surface area (Å²) in [4.78, 5) is 36.3. The number of carbonyl (C=O) groups excluding carboxylic acids is 2. The van der Waals surface area contributed by atoms with Crippen molar-refractivity contribution in [1.82, 2.24) is 20.2 Å². The van der Waals surface area contributed by atoms with Crippen molar-refractivity contribution in [3.63, 3.8) is 0 Å². The van der Waals surface area contributed by atoms with Crippen molar-refractivity contribution in [3.8, 4) is 0 Å². The van der Waals surface area contributed by atoms with Crippen LogP contribution >= 0.6 is 0 Å². The number of hydrogen-bond acceptors (Lipinski definition) is 5. The summed E-state index contributed by atoms with van der Waals surface area (Å²) in [5, 5.41) is 2.41. The summed E-state index contributed by atoms with van der Waals surface area (Å²) in [5.41, 5.74) is 0.227. The Labute approximate surface area is 130 Å². The van der Waals surface area contributed by atoms with Gasteiger partial charge < -0.3 is 5.32 Å². The lowest BCUT2D eigenvalue weighted by molar-refractivity contribution is 0.0828. The first kappa shape index (κ1) is 19.2. The van der Waals surface area contributed by atoms with Gasteiger partial charge in [-0.15, -0.1) is 0 Å². The van der Waals surface area contributed by atoms with Crippen LogP contribution in [0.15, 0.2) is 42.4 Å². The molecule has 118 valence electrons. The summed E-state index contributed by atoms with van der Waals surface area (Å²) in [6.07, 6.45) is 5.36. The summed E-state index contributed by atoms with van der Waals surface area (Å²) in [5.74, 6) is -0.552. The Morgan fingerprint density at radius 2 is 1.82 bits per heavy atom. The van der Waals surface area contributed by atoms with Crippen molar-refractivity contribution in [2.45, 2.75) is 13.8 Å². The van der Waals surface area contributed by atoms with E-state index in [-0.39, 0.29) is 23.1 Å². The average Bonchev–Trinajstić information content (AvgIpc) is 2.59. The van der Waals surface area contributed by atoms with E-state index in [9.17, 15) is 9.59 Å². The molecule has 1 aromatic rings. The molecule has 0 radical (unpaired) electrons. The fourth-order valence-electron chi connectivity index (χ4n) is 1.20. The standard InChI is InChI=1S/C13H15N5O2.C2H6/c1-5-6-15-9(2)18(4)13(20)11-8-16-10(7-17-11)12(19)14-3;1-2/h5-8H,1-2H2,3-4H3,(H,14,19);1-2H3/b15-6-;. The highest BCUT2D eigenvalue weighted by molar-refractivity contribution is 5.95. The molecule has 1 rings (SSSR count). The SMILES string of the molecule is C=C/C=N\C(=C)N(C)C(=O)c1cnc(C(=O)NC)cn1.CC. The number of rotatable bonds is 5. The van der Waals surface area contributed by atoms with Crippen molar-refractivity contribution in [2.75, 3.05) is 14.1 Å². The molecule has 0 saturated carbocycles. The first-order valence-electron chi connectivity index (χ1n) is 6.67. The van der Waals surface area contributed by atoms with Crippen molar-refractivity contribution in [1.29, 1.82) is 0 Å². The zero-order valence-corrected chi connectivity index (χ0v) is 13.3. The van der Waals surface area contributed by atoms with Crippen LogP contribution in [-0.4, -0.2) is 47.0 Å². The lowest BCUT2D eigenvalue weighted by Gasteiger charge is -2.15. The zero-order chi connectivity index (χ0) is 17.1. The predicted octanol–water partition coefficient (Wildman–Crippen LogP) is 1.66. The third-order valence-electron chi connectivity index (χ3n) is 2.35. The van der Waals surface area contributed by atoms with E-state index in [2.05, 4.69) is 33.4 Å². The minimum Gasteiger partial charge on any atom is -0.354 e. The Kier molecular flexibility index (Phi) is 8.69. The van der Waals surface area contributed by atoms with Gasteiger partial charge in [-0.25, -0.2) is 15.0 Å². The Morgan fingerprint density at radius 3 is 2.27 bits per heavy atom. The summed E-state index contributed by atoms with van der Waals surface area (Å²) in [6, 6.07) is 0. The minimum atomic E-state index is -0.424. The van der Waals surface area contributed by atoms with E-state index in [0.29, 0.717) is 0 Å². The number of aliphatic imine (C=N–C) groups is 1. The van der Waals surface area contributed by atoms with Crippen LogP contribution < -0.4 is 5.32 Å². The van der Waals surface area contributed by atoms with E-state index in [0.717, 1.165) is 0 Å². The van der Waals surface area contributed by atoms with Gasteiger partial charge in [-0.1, -0.05) is 33.1 Å². The highest BCUT2D eigenvalue weighted by atomic mass is 16.2. The molecule has 0 saturated heterocycles. The third kappa shape index (κ3) is 5.28. The van der Waals surface area contributed by atoms with Gasteiger partial charge in [0.15, 0.2) is 0 Å². The number of carbonyl (C=O) groups is 2. The Balaban J connectivity index is 0.00000211. The molecule has 7 heteroatoms. The molecule has 1 heterocycles. The number of nitrogens with one attached hydrogen (secondary N) is 1. The molecule has 0 aliphatic heterocycles. The van der Waals surface area contributed by atoms with Gasteiger partial charge in [-0.3, -0.25) is 14.5 Å². The van der Waals surface area contributed by atoms with E-state index in [4.69, 9.17) is 0 Å². The molecule has 1 N–H and O–H groups in total. The van der Waals surface area contributed by atoms with Gasteiger partial charge in [0.05, 0.1) is 12.4 Å². The van der Waals surface area contributed by atoms with Gasteiger partial charge in [-0.2, -0.15) is 0 Å². The molecule has 1 aromatic heterocycles. The maximum Gasteiger partial charge on any atom is 0.279 e. The molecule has 0 aromatic carbocycles. The van der Waals surface area contributed by atoms with E-state index in [1.54, 1.807) is 0 Å². The van der Waals surface area contributed by atoms with Crippen LogP contribution in [-0.2, 0) is 0 Å². The number of hydrogen-bond donors (Lipinski definition) is 1. The summed E-state index contributed by atoms with van der Waals surface area (Å²) in [6.45, 7) is 11.1.